The Labute approximate surface area is 124 Å². The van der Waals surface area contributed by atoms with Gasteiger partial charge in [-0.15, -0.1) is 0 Å². The predicted octanol–water partition coefficient (Wildman–Crippen LogP) is -0.794. The summed E-state index contributed by atoms with van der Waals surface area (Å²) >= 11 is 0. The molecule has 0 bridgehead atoms. The maximum atomic E-state index is 11.1. The molecular weight excluding hydrogens is 296 g/mol. The van der Waals surface area contributed by atoms with E-state index in [1.54, 1.807) is 7.05 Å². The van der Waals surface area contributed by atoms with Crippen LogP contribution in [0.15, 0.2) is 0 Å². The number of morpholine rings is 1. The third-order valence-corrected chi connectivity index (χ3v) is 3.84. The van der Waals surface area contributed by atoms with Crippen LogP contribution in [0.25, 0.3) is 0 Å². The van der Waals surface area contributed by atoms with Gasteiger partial charge in [0.15, 0.2) is 0 Å². The van der Waals surface area contributed by atoms with Crippen LogP contribution in [0.4, 0.5) is 17.8 Å². The molecule has 1 aromatic rings. The third-order valence-electron chi connectivity index (χ3n) is 2.90. The molecular formula is C11H20N6O3S. The van der Waals surface area contributed by atoms with Crippen molar-refractivity contribution in [3.63, 3.8) is 0 Å². The van der Waals surface area contributed by atoms with Gasteiger partial charge in [0, 0.05) is 32.9 Å². The summed E-state index contributed by atoms with van der Waals surface area (Å²) in [5, 5.41) is 5.79. The van der Waals surface area contributed by atoms with Crippen LogP contribution in [0.2, 0.25) is 0 Å². The molecule has 0 amide bonds. The van der Waals surface area contributed by atoms with Gasteiger partial charge in [0.05, 0.1) is 19.0 Å². The van der Waals surface area contributed by atoms with Crippen LogP contribution in [0.3, 0.4) is 0 Å². The van der Waals surface area contributed by atoms with Gasteiger partial charge in [0.2, 0.25) is 17.8 Å². The summed E-state index contributed by atoms with van der Waals surface area (Å²) in [4.78, 5) is 14.8. The number of hydrogen-bond donors (Lipinski definition) is 2. The quantitative estimate of drug-likeness (QED) is 0.697. The lowest BCUT2D eigenvalue weighted by Crippen LogP contribution is -2.37. The number of ether oxygens (including phenoxy) is 1. The third kappa shape index (κ3) is 4.97. The first kappa shape index (κ1) is 15.7. The van der Waals surface area contributed by atoms with Gasteiger partial charge >= 0.3 is 0 Å². The van der Waals surface area contributed by atoms with E-state index in [1.807, 2.05) is 4.90 Å². The molecule has 1 aliphatic rings. The van der Waals surface area contributed by atoms with E-state index in [4.69, 9.17) is 4.74 Å². The maximum absolute atomic E-state index is 11.1. The topological polar surface area (TPSA) is 109 Å². The standard InChI is InChI=1S/C11H20N6O3S/c1-12-9-14-10(13-3-8-21(2,18)19)16-11(15-9)17-4-6-20-7-5-17/h3-8H2,1-2H3,(H2,12,13,14,15,16). The Morgan fingerprint density at radius 1 is 1.19 bits per heavy atom. The van der Waals surface area contributed by atoms with Gasteiger partial charge in [-0.05, 0) is 0 Å². The lowest BCUT2D eigenvalue weighted by Gasteiger charge is -2.27. The summed E-state index contributed by atoms with van der Waals surface area (Å²) in [6.07, 6.45) is 1.19. The molecule has 0 radical (unpaired) electrons. The highest BCUT2D eigenvalue weighted by Crippen LogP contribution is 2.14. The van der Waals surface area contributed by atoms with E-state index in [2.05, 4.69) is 25.6 Å². The van der Waals surface area contributed by atoms with Crippen molar-refractivity contribution >= 4 is 27.7 Å². The molecule has 0 aliphatic carbocycles. The minimum absolute atomic E-state index is 0.0282. The zero-order valence-corrected chi connectivity index (χ0v) is 13.0. The van der Waals surface area contributed by atoms with E-state index in [-0.39, 0.29) is 12.3 Å². The molecule has 0 saturated carbocycles. The van der Waals surface area contributed by atoms with E-state index >= 15 is 0 Å². The summed E-state index contributed by atoms with van der Waals surface area (Å²) < 4.78 is 27.6. The molecule has 9 nitrogen and oxygen atoms in total. The van der Waals surface area contributed by atoms with E-state index < -0.39 is 9.84 Å². The van der Waals surface area contributed by atoms with Gasteiger partial charge in [-0.1, -0.05) is 0 Å². The molecule has 21 heavy (non-hydrogen) atoms. The second kappa shape index (κ2) is 6.85. The Kier molecular flexibility index (Phi) is 5.12. The van der Waals surface area contributed by atoms with Crippen LogP contribution in [-0.2, 0) is 14.6 Å². The summed E-state index contributed by atoms with van der Waals surface area (Å²) in [6, 6.07) is 0. The van der Waals surface area contributed by atoms with Crippen molar-refractivity contribution in [2.24, 2.45) is 0 Å². The minimum atomic E-state index is -3.02. The molecule has 2 heterocycles. The monoisotopic (exact) mass is 316 g/mol. The Balaban J connectivity index is 2.09. The lowest BCUT2D eigenvalue weighted by atomic mass is 10.4. The normalized spacial score (nSPS) is 15.8. The Bertz CT molecular complexity index is 573. The van der Waals surface area contributed by atoms with Crippen molar-refractivity contribution in [2.45, 2.75) is 0 Å². The molecule has 0 spiro atoms. The number of aromatic nitrogens is 3. The number of hydrogen-bond acceptors (Lipinski definition) is 9. The van der Waals surface area contributed by atoms with Crippen molar-refractivity contribution < 1.29 is 13.2 Å². The summed E-state index contributed by atoms with van der Waals surface area (Å²) in [5.41, 5.74) is 0. The lowest BCUT2D eigenvalue weighted by molar-refractivity contribution is 0.122. The molecule has 2 N–H and O–H groups in total. The number of nitrogens with zero attached hydrogens (tertiary/aromatic N) is 4. The molecule has 0 aromatic carbocycles. The molecule has 1 saturated heterocycles. The van der Waals surface area contributed by atoms with Crippen molar-refractivity contribution in [2.75, 3.05) is 67.4 Å². The van der Waals surface area contributed by atoms with E-state index in [0.717, 1.165) is 13.1 Å². The van der Waals surface area contributed by atoms with E-state index in [1.165, 1.54) is 6.26 Å². The van der Waals surface area contributed by atoms with E-state index in [9.17, 15) is 8.42 Å². The average Bonchev–Trinajstić information content (AvgIpc) is 2.46. The van der Waals surface area contributed by atoms with Crippen LogP contribution in [0, 0.1) is 0 Å². The van der Waals surface area contributed by atoms with Crippen molar-refractivity contribution in [1.82, 2.24) is 15.0 Å². The summed E-state index contributed by atoms with van der Waals surface area (Å²) in [5.74, 6) is 1.38. The molecule has 10 heteroatoms. The number of nitrogens with one attached hydrogen (secondary N) is 2. The van der Waals surface area contributed by atoms with Crippen LogP contribution in [-0.4, -0.2) is 75.3 Å². The predicted molar refractivity (Wildman–Crippen MR) is 80.6 cm³/mol. The average molecular weight is 316 g/mol. The number of anilines is 3. The maximum Gasteiger partial charge on any atom is 0.232 e. The molecule has 1 aliphatic heterocycles. The summed E-state index contributed by atoms with van der Waals surface area (Å²) in [6.45, 7) is 2.97. The highest BCUT2D eigenvalue weighted by atomic mass is 32.2. The first-order chi connectivity index (χ1) is 9.98. The van der Waals surface area contributed by atoms with Crippen molar-refractivity contribution in [1.29, 1.82) is 0 Å². The fraction of sp³-hybridized carbons (Fsp3) is 0.727. The first-order valence-corrected chi connectivity index (χ1v) is 8.72. The van der Waals surface area contributed by atoms with Crippen LogP contribution in [0.1, 0.15) is 0 Å². The zero-order chi connectivity index (χ0) is 15.3. The van der Waals surface area contributed by atoms with Crippen LogP contribution in [0.5, 0.6) is 0 Å². The smallest absolute Gasteiger partial charge is 0.232 e. The minimum Gasteiger partial charge on any atom is -0.378 e. The number of rotatable bonds is 6. The van der Waals surface area contributed by atoms with Gasteiger partial charge in [0.1, 0.15) is 9.84 Å². The van der Waals surface area contributed by atoms with Crippen LogP contribution < -0.4 is 15.5 Å². The Morgan fingerprint density at radius 3 is 2.48 bits per heavy atom. The van der Waals surface area contributed by atoms with Gasteiger partial charge in [-0.3, -0.25) is 0 Å². The fourth-order valence-corrected chi connectivity index (χ4v) is 2.28. The van der Waals surface area contributed by atoms with E-state index in [0.29, 0.717) is 31.1 Å². The van der Waals surface area contributed by atoms with Gasteiger partial charge in [0.25, 0.3) is 0 Å². The SMILES string of the molecule is CNc1nc(NCCS(C)(=O)=O)nc(N2CCOCC2)n1. The second-order valence-electron chi connectivity index (χ2n) is 4.69. The fourth-order valence-electron chi connectivity index (χ4n) is 1.81. The van der Waals surface area contributed by atoms with Crippen molar-refractivity contribution in [3.05, 3.63) is 0 Å². The first-order valence-electron chi connectivity index (χ1n) is 6.66. The number of sulfone groups is 1. The van der Waals surface area contributed by atoms with Gasteiger partial charge in [-0.25, -0.2) is 8.42 Å². The molecule has 1 aromatic heterocycles. The second-order valence-corrected chi connectivity index (χ2v) is 6.95. The molecule has 0 atom stereocenters. The summed E-state index contributed by atoms with van der Waals surface area (Å²) in [7, 11) is -1.30. The molecule has 118 valence electrons. The Morgan fingerprint density at radius 2 is 1.86 bits per heavy atom. The highest BCUT2D eigenvalue weighted by Gasteiger charge is 2.16. The molecule has 2 rings (SSSR count). The zero-order valence-electron chi connectivity index (χ0n) is 12.2. The van der Waals surface area contributed by atoms with Gasteiger partial charge in [-0.2, -0.15) is 15.0 Å². The van der Waals surface area contributed by atoms with Crippen molar-refractivity contribution in [3.8, 4) is 0 Å². The molecule has 1 fully saturated rings. The largest absolute Gasteiger partial charge is 0.378 e. The molecule has 0 unspecified atom stereocenters. The highest BCUT2D eigenvalue weighted by molar-refractivity contribution is 7.90. The van der Waals surface area contributed by atoms with Crippen LogP contribution >= 0.6 is 0 Å². The Hall–Kier alpha value is -1.68. The van der Waals surface area contributed by atoms with Gasteiger partial charge < -0.3 is 20.3 Å².